The third-order valence-corrected chi connectivity index (χ3v) is 6.17. The van der Waals surface area contributed by atoms with Gasteiger partial charge in [-0.3, -0.25) is 19.6 Å². The van der Waals surface area contributed by atoms with Gasteiger partial charge < -0.3 is 14.8 Å². The number of methoxy groups -OCH3 is 2. The molecule has 0 heterocycles. The van der Waals surface area contributed by atoms with E-state index in [0.717, 1.165) is 6.07 Å². The van der Waals surface area contributed by atoms with Crippen molar-refractivity contribution in [2.24, 2.45) is 0 Å². The summed E-state index contributed by atoms with van der Waals surface area (Å²) in [6.07, 6.45) is 0. The first-order valence-corrected chi connectivity index (χ1v) is 11.1. The summed E-state index contributed by atoms with van der Waals surface area (Å²) in [5.41, 5.74) is -0.208. The number of nitro benzene ring substituents is 1. The van der Waals surface area contributed by atoms with Crippen molar-refractivity contribution in [1.82, 2.24) is 0 Å². The van der Waals surface area contributed by atoms with E-state index >= 15 is 0 Å². The summed E-state index contributed by atoms with van der Waals surface area (Å²) in [5, 5.41) is 13.5. The fourth-order valence-electron chi connectivity index (χ4n) is 2.87. The number of rotatable bonds is 8. The lowest BCUT2D eigenvalue weighted by molar-refractivity contribution is -0.384. The molecule has 0 aliphatic rings. The number of hydrogen-bond acceptors (Lipinski definition) is 7. The number of carbonyl (C=O) groups is 1. The van der Waals surface area contributed by atoms with Crippen LogP contribution < -0.4 is 19.5 Å². The molecule has 0 aromatic heterocycles. The largest absolute Gasteiger partial charge is 0.495 e. The van der Waals surface area contributed by atoms with Gasteiger partial charge in [-0.25, -0.2) is 8.42 Å². The molecule has 0 unspecified atom stereocenters. The maximum atomic E-state index is 12.9. The normalized spacial score (nSPS) is 10.9. The molecular weight excluding hydrogens is 474 g/mol. The van der Waals surface area contributed by atoms with Gasteiger partial charge in [0.15, 0.2) is 0 Å². The molecule has 0 fully saturated rings. The van der Waals surface area contributed by atoms with Crippen molar-refractivity contribution in [1.29, 1.82) is 0 Å². The van der Waals surface area contributed by atoms with E-state index in [4.69, 9.17) is 21.1 Å². The van der Waals surface area contributed by atoms with Crippen molar-refractivity contribution in [2.45, 2.75) is 4.90 Å². The maximum Gasteiger partial charge on any atom is 0.288 e. The molecule has 3 rings (SSSR count). The Balaban J connectivity index is 1.93. The Labute approximate surface area is 194 Å². The Morgan fingerprint density at radius 2 is 1.64 bits per heavy atom. The number of halogens is 1. The van der Waals surface area contributed by atoms with Gasteiger partial charge in [-0.1, -0.05) is 23.7 Å². The lowest BCUT2D eigenvalue weighted by Gasteiger charge is -2.14. The van der Waals surface area contributed by atoms with Crippen molar-refractivity contribution >= 4 is 44.6 Å². The van der Waals surface area contributed by atoms with Crippen molar-refractivity contribution in [3.8, 4) is 11.5 Å². The molecule has 0 atom stereocenters. The fourth-order valence-corrected chi connectivity index (χ4v) is 4.16. The molecule has 3 aromatic rings. The molecule has 0 radical (unpaired) electrons. The molecule has 0 saturated heterocycles. The quantitative estimate of drug-likeness (QED) is 0.353. The van der Waals surface area contributed by atoms with Crippen molar-refractivity contribution in [3.05, 3.63) is 81.4 Å². The monoisotopic (exact) mass is 491 g/mol. The Bertz CT molecular complexity index is 1330. The molecule has 0 bridgehead atoms. The van der Waals surface area contributed by atoms with Crippen LogP contribution in [0, 0.1) is 10.1 Å². The number of amides is 1. The van der Waals surface area contributed by atoms with Crippen LogP contribution in [0.25, 0.3) is 0 Å². The summed E-state index contributed by atoms with van der Waals surface area (Å²) in [7, 11) is -1.30. The minimum Gasteiger partial charge on any atom is -0.495 e. The predicted octanol–water partition coefficient (Wildman–Crippen LogP) is 4.32. The maximum absolute atomic E-state index is 12.9. The van der Waals surface area contributed by atoms with E-state index in [2.05, 4.69) is 10.0 Å². The lowest BCUT2D eigenvalue weighted by atomic mass is 10.2. The van der Waals surface area contributed by atoms with Gasteiger partial charge in [0.1, 0.15) is 16.5 Å². The van der Waals surface area contributed by atoms with Crippen LogP contribution in [0.1, 0.15) is 10.4 Å². The van der Waals surface area contributed by atoms with Crippen molar-refractivity contribution in [2.75, 3.05) is 24.3 Å². The summed E-state index contributed by atoms with van der Waals surface area (Å²) in [6, 6.07) is 13.9. The van der Waals surface area contributed by atoms with Crippen molar-refractivity contribution in [3.63, 3.8) is 0 Å². The number of nitrogens with one attached hydrogen (secondary N) is 2. The molecule has 0 saturated carbocycles. The fraction of sp³-hybridized carbons (Fsp3) is 0.0952. The van der Waals surface area contributed by atoms with Gasteiger partial charge >= 0.3 is 0 Å². The van der Waals surface area contributed by atoms with Gasteiger partial charge in [0.05, 0.1) is 35.4 Å². The molecule has 172 valence electrons. The van der Waals surface area contributed by atoms with Crippen LogP contribution in [-0.2, 0) is 10.0 Å². The number of hydrogen-bond donors (Lipinski definition) is 2. The van der Waals surface area contributed by atoms with Gasteiger partial charge in [0.25, 0.3) is 21.6 Å². The third kappa shape index (κ3) is 5.33. The minimum absolute atomic E-state index is 0.0444. The van der Waals surface area contributed by atoms with Gasteiger partial charge in [0, 0.05) is 11.6 Å². The average Bonchev–Trinajstić information content (AvgIpc) is 2.79. The molecule has 0 aliphatic carbocycles. The molecule has 1 amide bonds. The summed E-state index contributed by atoms with van der Waals surface area (Å²) < 4.78 is 38.7. The second-order valence-corrected chi connectivity index (χ2v) is 8.63. The van der Waals surface area contributed by atoms with Gasteiger partial charge in [0.2, 0.25) is 0 Å². The highest BCUT2D eigenvalue weighted by molar-refractivity contribution is 7.92. The smallest absolute Gasteiger partial charge is 0.288 e. The SMILES string of the molecule is COc1ccc(S(=O)(=O)Nc2ccccc2OC)cc1NC(=O)c1ccc(Cl)c([N+](=O)[O-])c1. The minimum atomic E-state index is -4.06. The first-order chi connectivity index (χ1) is 15.7. The number of anilines is 2. The zero-order valence-corrected chi connectivity index (χ0v) is 18.9. The number of sulfonamides is 1. The molecule has 0 aliphatic heterocycles. The highest BCUT2D eigenvalue weighted by atomic mass is 35.5. The second-order valence-electron chi connectivity index (χ2n) is 6.55. The van der Waals surface area contributed by atoms with E-state index in [1.165, 1.54) is 50.6 Å². The third-order valence-electron chi connectivity index (χ3n) is 4.49. The van der Waals surface area contributed by atoms with E-state index in [9.17, 15) is 23.3 Å². The second kappa shape index (κ2) is 9.76. The van der Waals surface area contributed by atoms with Crippen molar-refractivity contribution < 1.29 is 27.6 Å². The Morgan fingerprint density at radius 1 is 0.970 bits per heavy atom. The Kier molecular flexibility index (Phi) is 7.04. The molecule has 2 N–H and O–H groups in total. The van der Waals surface area contributed by atoms with Gasteiger partial charge in [-0.2, -0.15) is 0 Å². The zero-order chi connectivity index (χ0) is 24.2. The summed E-state index contributed by atoms with van der Waals surface area (Å²) in [5.74, 6) is -0.212. The summed E-state index contributed by atoms with van der Waals surface area (Å²) in [4.78, 5) is 22.9. The molecule has 10 nitrogen and oxygen atoms in total. The molecular formula is C21H18ClN3O7S. The predicted molar refractivity (Wildman–Crippen MR) is 123 cm³/mol. The Morgan fingerprint density at radius 3 is 2.30 bits per heavy atom. The lowest BCUT2D eigenvalue weighted by Crippen LogP contribution is -2.16. The first-order valence-electron chi connectivity index (χ1n) is 9.25. The van der Waals surface area contributed by atoms with E-state index in [0.29, 0.717) is 5.75 Å². The number of nitro groups is 1. The molecule has 33 heavy (non-hydrogen) atoms. The highest BCUT2D eigenvalue weighted by Crippen LogP contribution is 2.31. The molecule has 0 spiro atoms. The van der Waals surface area contributed by atoms with E-state index in [1.807, 2.05) is 0 Å². The van der Waals surface area contributed by atoms with E-state index in [-0.39, 0.29) is 32.6 Å². The summed E-state index contributed by atoms with van der Waals surface area (Å²) >= 11 is 5.79. The van der Waals surface area contributed by atoms with Gasteiger partial charge in [-0.05, 0) is 42.5 Å². The summed E-state index contributed by atoms with van der Waals surface area (Å²) in [6.45, 7) is 0. The topological polar surface area (TPSA) is 137 Å². The number of carbonyl (C=O) groups excluding carboxylic acids is 1. The zero-order valence-electron chi connectivity index (χ0n) is 17.4. The average molecular weight is 492 g/mol. The van der Waals surface area contributed by atoms with Crippen LogP contribution >= 0.6 is 11.6 Å². The first kappa shape index (κ1) is 23.8. The highest BCUT2D eigenvalue weighted by Gasteiger charge is 2.21. The van der Waals surface area contributed by atoms with Gasteiger partial charge in [-0.15, -0.1) is 0 Å². The van der Waals surface area contributed by atoms with Crippen LogP contribution in [0.5, 0.6) is 11.5 Å². The van der Waals surface area contributed by atoms with E-state index < -0.39 is 26.5 Å². The van der Waals surface area contributed by atoms with Crippen LogP contribution in [0.2, 0.25) is 5.02 Å². The van der Waals surface area contributed by atoms with Crippen LogP contribution in [-0.4, -0.2) is 33.5 Å². The molecule has 12 heteroatoms. The number of benzene rings is 3. The standard InChI is InChI=1S/C21H18ClN3O7S/c1-31-19-6-4-3-5-16(19)24-33(29,30)14-8-10-20(32-2)17(12-14)23-21(26)13-7-9-15(22)18(11-13)25(27)28/h3-12,24H,1-2H3,(H,23,26). The Hall–Kier alpha value is -3.83. The van der Waals surface area contributed by atoms with E-state index in [1.54, 1.807) is 18.2 Å². The number of para-hydroxylation sites is 2. The van der Waals surface area contributed by atoms with Crippen LogP contribution in [0.4, 0.5) is 17.1 Å². The molecule has 3 aromatic carbocycles. The number of nitrogens with zero attached hydrogens (tertiary/aromatic N) is 1. The van der Waals surface area contributed by atoms with Crippen LogP contribution in [0.3, 0.4) is 0 Å². The number of ether oxygens (including phenoxy) is 2. The van der Waals surface area contributed by atoms with Crippen LogP contribution in [0.15, 0.2) is 65.6 Å².